The number of halogens is 1. The van der Waals surface area contributed by atoms with Crippen molar-refractivity contribution >= 4 is 9.84 Å². The number of sulfone groups is 1. The molecule has 144 valence electrons. The molecule has 0 saturated carbocycles. The van der Waals surface area contributed by atoms with E-state index in [9.17, 15) is 12.8 Å². The highest BCUT2D eigenvalue weighted by atomic mass is 32.2. The van der Waals surface area contributed by atoms with E-state index in [1.165, 1.54) is 19.1 Å². The van der Waals surface area contributed by atoms with Crippen LogP contribution in [-0.4, -0.2) is 38.9 Å². The van der Waals surface area contributed by atoms with Crippen molar-refractivity contribution in [2.75, 3.05) is 19.3 Å². The zero-order valence-electron chi connectivity index (χ0n) is 15.5. The van der Waals surface area contributed by atoms with Gasteiger partial charge in [0.1, 0.15) is 17.7 Å². The fourth-order valence-corrected chi connectivity index (χ4v) is 5.03. The van der Waals surface area contributed by atoms with Gasteiger partial charge in [0.25, 0.3) is 0 Å². The molecule has 1 saturated heterocycles. The van der Waals surface area contributed by atoms with Crippen molar-refractivity contribution < 1.29 is 17.5 Å². The van der Waals surface area contributed by atoms with E-state index in [4.69, 9.17) is 4.74 Å². The molecule has 4 rings (SSSR count). The summed E-state index contributed by atoms with van der Waals surface area (Å²) in [5.41, 5.74) is 1.98. The van der Waals surface area contributed by atoms with Gasteiger partial charge in [-0.15, -0.1) is 0 Å². The van der Waals surface area contributed by atoms with Crippen molar-refractivity contribution in [1.29, 1.82) is 0 Å². The van der Waals surface area contributed by atoms with E-state index in [0.717, 1.165) is 49.9 Å². The molecule has 2 aliphatic heterocycles. The van der Waals surface area contributed by atoms with Crippen LogP contribution in [-0.2, 0) is 16.3 Å². The minimum absolute atomic E-state index is 0.0132. The molecule has 0 spiro atoms. The number of pyridine rings is 1. The molecule has 1 unspecified atom stereocenters. The van der Waals surface area contributed by atoms with E-state index >= 15 is 0 Å². The Labute approximate surface area is 158 Å². The van der Waals surface area contributed by atoms with Crippen LogP contribution in [0.1, 0.15) is 24.0 Å². The van der Waals surface area contributed by atoms with Gasteiger partial charge in [0.15, 0.2) is 9.84 Å². The zero-order chi connectivity index (χ0) is 19.2. The highest BCUT2D eigenvalue weighted by Crippen LogP contribution is 2.37. The van der Waals surface area contributed by atoms with Gasteiger partial charge in [-0.3, -0.25) is 4.98 Å². The third kappa shape index (κ3) is 3.46. The number of benzene rings is 1. The van der Waals surface area contributed by atoms with Gasteiger partial charge < -0.3 is 10.1 Å². The molecule has 2 aliphatic rings. The minimum Gasteiger partial charge on any atom is -0.488 e. The van der Waals surface area contributed by atoms with Crippen LogP contribution in [0, 0.1) is 18.7 Å². The van der Waals surface area contributed by atoms with Crippen LogP contribution >= 0.6 is 0 Å². The smallest absolute Gasteiger partial charge is 0.175 e. The van der Waals surface area contributed by atoms with Crippen molar-refractivity contribution in [3.05, 3.63) is 41.3 Å². The molecular formula is C20H23FN2O3S. The van der Waals surface area contributed by atoms with Crippen molar-refractivity contribution in [3.8, 4) is 17.0 Å². The summed E-state index contributed by atoms with van der Waals surface area (Å²) in [6.45, 7) is 3.52. The molecule has 1 N–H and O–H groups in total. The summed E-state index contributed by atoms with van der Waals surface area (Å²) < 4.78 is 44.5. The van der Waals surface area contributed by atoms with Gasteiger partial charge in [-0.05, 0) is 57.0 Å². The fourth-order valence-electron chi connectivity index (χ4n) is 4.06. The van der Waals surface area contributed by atoms with Gasteiger partial charge in [0.2, 0.25) is 0 Å². The van der Waals surface area contributed by atoms with Crippen molar-refractivity contribution in [1.82, 2.24) is 10.3 Å². The molecule has 1 fully saturated rings. The first-order valence-electron chi connectivity index (χ1n) is 9.20. The van der Waals surface area contributed by atoms with Crippen LogP contribution in [0.5, 0.6) is 5.75 Å². The minimum atomic E-state index is -3.47. The molecule has 0 aliphatic carbocycles. The van der Waals surface area contributed by atoms with E-state index in [0.29, 0.717) is 17.2 Å². The molecule has 5 nitrogen and oxygen atoms in total. The van der Waals surface area contributed by atoms with E-state index < -0.39 is 15.7 Å². The second-order valence-electron chi connectivity index (χ2n) is 7.45. The summed E-state index contributed by atoms with van der Waals surface area (Å²) in [6.07, 6.45) is 5.89. The fraction of sp³-hybridized carbons (Fsp3) is 0.450. The molecule has 1 aromatic heterocycles. The lowest BCUT2D eigenvalue weighted by Crippen LogP contribution is -2.36. The highest BCUT2D eigenvalue weighted by molar-refractivity contribution is 7.90. The molecular weight excluding hydrogens is 367 g/mol. The SMILES string of the molecule is Cc1c(S(C)(=O)=O)ccc(-c2cc3c(cn2)OC(C2CCNCC2)C3)c1F. The molecule has 27 heavy (non-hydrogen) atoms. The third-order valence-electron chi connectivity index (χ3n) is 5.57. The predicted octanol–water partition coefficient (Wildman–Crippen LogP) is 2.90. The average Bonchev–Trinajstić information content (AvgIpc) is 3.07. The Morgan fingerprint density at radius 3 is 2.70 bits per heavy atom. The maximum atomic E-state index is 14.9. The standard InChI is InChI=1S/C20H23FN2O3S/c1-12-19(27(2,24)25)4-3-15(20(12)21)16-9-14-10-17(26-18(14)11-23-16)13-5-7-22-8-6-13/h3-4,9,11,13,17,22H,5-8,10H2,1-2H3. The van der Waals surface area contributed by atoms with Crippen molar-refractivity contribution in [2.24, 2.45) is 5.92 Å². The Bertz CT molecular complexity index is 985. The van der Waals surface area contributed by atoms with Crippen molar-refractivity contribution in [2.45, 2.75) is 37.2 Å². The van der Waals surface area contributed by atoms with Gasteiger partial charge in [0, 0.05) is 29.4 Å². The number of nitrogens with zero attached hydrogens (tertiary/aromatic N) is 1. The van der Waals surface area contributed by atoms with Gasteiger partial charge in [-0.25, -0.2) is 12.8 Å². The Morgan fingerprint density at radius 1 is 1.26 bits per heavy atom. The Morgan fingerprint density at radius 2 is 2.00 bits per heavy atom. The van der Waals surface area contributed by atoms with Crippen LogP contribution in [0.4, 0.5) is 4.39 Å². The van der Waals surface area contributed by atoms with E-state index in [1.807, 2.05) is 6.07 Å². The number of rotatable bonds is 3. The Hall–Kier alpha value is -1.99. The van der Waals surface area contributed by atoms with Crippen LogP contribution in [0.15, 0.2) is 29.3 Å². The summed E-state index contributed by atoms with van der Waals surface area (Å²) in [6, 6.07) is 4.81. The lowest BCUT2D eigenvalue weighted by molar-refractivity contribution is 0.133. The predicted molar refractivity (Wildman–Crippen MR) is 101 cm³/mol. The molecule has 0 radical (unpaired) electrons. The molecule has 3 heterocycles. The van der Waals surface area contributed by atoms with Gasteiger partial charge >= 0.3 is 0 Å². The van der Waals surface area contributed by atoms with E-state index in [-0.39, 0.29) is 16.6 Å². The van der Waals surface area contributed by atoms with Crippen LogP contribution in [0.3, 0.4) is 0 Å². The number of aromatic nitrogens is 1. The topological polar surface area (TPSA) is 68.3 Å². The van der Waals surface area contributed by atoms with Gasteiger partial charge in [0.05, 0.1) is 16.8 Å². The number of nitrogens with one attached hydrogen (secondary N) is 1. The summed E-state index contributed by atoms with van der Waals surface area (Å²) in [7, 11) is -3.47. The Kier molecular flexibility index (Phi) is 4.68. The lowest BCUT2D eigenvalue weighted by atomic mass is 9.89. The first-order chi connectivity index (χ1) is 12.8. The monoisotopic (exact) mass is 390 g/mol. The van der Waals surface area contributed by atoms with Gasteiger partial charge in [-0.1, -0.05) is 0 Å². The van der Waals surface area contributed by atoms with E-state index in [2.05, 4.69) is 10.3 Å². The Balaban J connectivity index is 1.64. The van der Waals surface area contributed by atoms with Gasteiger partial charge in [-0.2, -0.15) is 0 Å². The summed E-state index contributed by atoms with van der Waals surface area (Å²) >= 11 is 0. The molecule has 0 bridgehead atoms. The maximum Gasteiger partial charge on any atom is 0.175 e. The quantitative estimate of drug-likeness (QED) is 0.873. The second-order valence-corrected chi connectivity index (χ2v) is 9.43. The zero-order valence-corrected chi connectivity index (χ0v) is 16.3. The lowest BCUT2D eigenvalue weighted by Gasteiger charge is -2.27. The molecule has 1 aromatic carbocycles. The number of ether oxygens (including phenoxy) is 1. The second kappa shape index (κ2) is 6.87. The molecule has 1 atom stereocenters. The normalized spacial score (nSPS) is 20.3. The highest BCUT2D eigenvalue weighted by Gasteiger charge is 2.32. The summed E-state index contributed by atoms with van der Waals surface area (Å²) in [4.78, 5) is 4.38. The largest absolute Gasteiger partial charge is 0.488 e. The molecule has 7 heteroatoms. The van der Waals surface area contributed by atoms with Crippen LogP contribution < -0.4 is 10.1 Å². The maximum absolute atomic E-state index is 14.9. The molecule has 2 aromatic rings. The van der Waals surface area contributed by atoms with Crippen LogP contribution in [0.25, 0.3) is 11.3 Å². The van der Waals surface area contributed by atoms with Crippen molar-refractivity contribution in [3.63, 3.8) is 0 Å². The number of hydrogen-bond acceptors (Lipinski definition) is 5. The van der Waals surface area contributed by atoms with Crippen LogP contribution in [0.2, 0.25) is 0 Å². The first kappa shape index (κ1) is 18.4. The first-order valence-corrected chi connectivity index (χ1v) is 11.1. The number of piperidine rings is 1. The summed E-state index contributed by atoms with van der Waals surface area (Å²) in [5.74, 6) is 0.751. The average molecular weight is 390 g/mol. The molecule has 0 amide bonds. The third-order valence-corrected chi connectivity index (χ3v) is 6.81. The van der Waals surface area contributed by atoms with E-state index in [1.54, 1.807) is 6.20 Å². The summed E-state index contributed by atoms with van der Waals surface area (Å²) in [5, 5.41) is 3.36. The number of fused-ring (bicyclic) bond motifs is 1. The number of hydrogen-bond donors (Lipinski definition) is 1.